The number of para-hydroxylation sites is 2. The zero-order chi connectivity index (χ0) is 20.7. The highest BCUT2D eigenvalue weighted by Gasteiger charge is 2.35. The molecule has 146 valence electrons. The van der Waals surface area contributed by atoms with Crippen LogP contribution in [0.15, 0.2) is 82.2 Å². The van der Waals surface area contributed by atoms with Crippen molar-refractivity contribution >= 4 is 66.7 Å². The number of carbonyl (C=O) groups excluding carboxylic acids is 2. The number of halogens is 1. The number of carbonyl (C=O) groups is 2. The SMILES string of the molecule is O=C1S/C(=C\c2c3ccccc3nc3ccccc23)C(=O)N1Cc1ccc(Br)cc1. The van der Waals surface area contributed by atoms with E-state index in [0.29, 0.717) is 4.91 Å². The third kappa shape index (κ3) is 3.42. The molecular weight excluding hydrogens is 460 g/mol. The lowest BCUT2D eigenvalue weighted by Gasteiger charge is -2.12. The van der Waals surface area contributed by atoms with Crippen LogP contribution in [-0.4, -0.2) is 21.0 Å². The van der Waals surface area contributed by atoms with Crippen molar-refractivity contribution in [3.8, 4) is 0 Å². The van der Waals surface area contributed by atoms with Crippen LogP contribution < -0.4 is 0 Å². The summed E-state index contributed by atoms with van der Waals surface area (Å²) >= 11 is 4.39. The number of benzene rings is 3. The second-order valence-corrected chi connectivity index (χ2v) is 8.86. The molecule has 0 atom stereocenters. The maximum Gasteiger partial charge on any atom is 0.293 e. The van der Waals surface area contributed by atoms with Crippen molar-refractivity contribution < 1.29 is 9.59 Å². The van der Waals surface area contributed by atoms with E-state index in [-0.39, 0.29) is 17.7 Å². The van der Waals surface area contributed by atoms with Gasteiger partial charge in [-0.25, -0.2) is 4.98 Å². The minimum absolute atomic E-state index is 0.253. The number of rotatable bonds is 3. The molecule has 5 rings (SSSR count). The number of imide groups is 1. The van der Waals surface area contributed by atoms with Gasteiger partial charge in [-0.15, -0.1) is 0 Å². The van der Waals surface area contributed by atoms with Crippen molar-refractivity contribution in [2.45, 2.75) is 6.54 Å². The van der Waals surface area contributed by atoms with Gasteiger partial charge in [0.15, 0.2) is 0 Å². The molecule has 0 saturated carbocycles. The lowest BCUT2D eigenvalue weighted by molar-refractivity contribution is -0.123. The maximum atomic E-state index is 13.1. The molecule has 1 aliphatic heterocycles. The third-order valence-electron chi connectivity index (χ3n) is 5.03. The summed E-state index contributed by atoms with van der Waals surface area (Å²) in [5.74, 6) is -0.266. The molecule has 0 bridgehead atoms. The van der Waals surface area contributed by atoms with Crippen LogP contribution in [0, 0.1) is 0 Å². The van der Waals surface area contributed by atoms with Crippen molar-refractivity contribution in [2.75, 3.05) is 0 Å². The Kier molecular flexibility index (Phi) is 4.89. The van der Waals surface area contributed by atoms with Crippen LogP contribution in [0.2, 0.25) is 0 Å². The highest BCUT2D eigenvalue weighted by atomic mass is 79.9. The molecule has 1 aliphatic rings. The monoisotopic (exact) mass is 474 g/mol. The molecule has 1 aromatic heterocycles. The van der Waals surface area contributed by atoms with Crippen LogP contribution in [0.25, 0.3) is 27.9 Å². The van der Waals surface area contributed by atoms with Crippen molar-refractivity contribution in [1.29, 1.82) is 0 Å². The van der Waals surface area contributed by atoms with Gasteiger partial charge in [-0.3, -0.25) is 14.5 Å². The Balaban J connectivity index is 1.58. The topological polar surface area (TPSA) is 50.3 Å². The van der Waals surface area contributed by atoms with Crippen molar-refractivity contribution in [3.05, 3.63) is 93.3 Å². The average Bonchev–Trinajstić information content (AvgIpc) is 3.02. The smallest absolute Gasteiger partial charge is 0.268 e. The molecule has 0 N–H and O–H groups in total. The average molecular weight is 475 g/mol. The Morgan fingerprint density at radius 1 is 0.867 bits per heavy atom. The summed E-state index contributed by atoms with van der Waals surface area (Å²) in [6.45, 7) is 0.257. The van der Waals surface area contributed by atoms with Gasteiger partial charge in [0.1, 0.15) is 0 Å². The molecular formula is C24H15BrN2O2S. The zero-order valence-corrected chi connectivity index (χ0v) is 18.1. The molecule has 0 spiro atoms. The fraction of sp³-hybridized carbons (Fsp3) is 0.0417. The van der Waals surface area contributed by atoms with Crippen LogP contribution in [0.3, 0.4) is 0 Å². The quantitative estimate of drug-likeness (QED) is 0.255. The minimum Gasteiger partial charge on any atom is -0.268 e. The van der Waals surface area contributed by atoms with E-state index in [1.165, 1.54) is 4.90 Å². The van der Waals surface area contributed by atoms with Gasteiger partial charge in [-0.1, -0.05) is 64.5 Å². The number of aromatic nitrogens is 1. The fourth-order valence-corrected chi connectivity index (χ4v) is 4.65. The summed E-state index contributed by atoms with van der Waals surface area (Å²) in [6.07, 6.45) is 1.83. The van der Waals surface area contributed by atoms with Crippen LogP contribution in [0.1, 0.15) is 11.1 Å². The van der Waals surface area contributed by atoms with E-state index in [2.05, 4.69) is 15.9 Å². The van der Waals surface area contributed by atoms with Gasteiger partial charge in [-0.2, -0.15) is 0 Å². The first-order chi connectivity index (χ1) is 14.6. The van der Waals surface area contributed by atoms with E-state index in [0.717, 1.165) is 49.2 Å². The van der Waals surface area contributed by atoms with Crippen molar-refractivity contribution in [2.24, 2.45) is 0 Å². The van der Waals surface area contributed by atoms with E-state index < -0.39 is 0 Å². The minimum atomic E-state index is -0.266. The molecule has 6 heteroatoms. The summed E-state index contributed by atoms with van der Waals surface area (Å²) in [6, 6.07) is 23.3. The molecule has 30 heavy (non-hydrogen) atoms. The second kappa shape index (κ2) is 7.70. The van der Waals surface area contributed by atoms with E-state index in [9.17, 15) is 9.59 Å². The number of pyridine rings is 1. The lowest BCUT2D eigenvalue weighted by atomic mass is 10.0. The highest BCUT2D eigenvalue weighted by Crippen LogP contribution is 2.36. The van der Waals surface area contributed by atoms with Gasteiger partial charge in [0, 0.05) is 15.2 Å². The first-order valence-electron chi connectivity index (χ1n) is 9.37. The lowest BCUT2D eigenvalue weighted by Crippen LogP contribution is -2.27. The third-order valence-corrected chi connectivity index (χ3v) is 6.47. The molecule has 0 radical (unpaired) electrons. The molecule has 3 aromatic carbocycles. The van der Waals surface area contributed by atoms with Crippen LogP contribution in [0.5, 0.6) is 0 Å². The van der Waals surface area contributed by atoms with Gasteiger partial charge in [0.2, 0.25) is 0 Å². The fourth-order valence-electron chi connectivity index (χ4n) is 3.57. The molecule has 2 amide bonds. The second-order valence-electron chi connectivity index (χ2n) is 6.95. The van der Waals surface area contributed by atoms with Gasteiger partial charge < -0.3 is 0 Å². The molecule has 0 unspecified atom stereocenters. The Bertz CT molecular complexity index is 1290. The Labute approximate surface area is 185 Å². The van der Waals surface area contributed by atoms with Gasteiger partial charge >= 0.3 is 0 Å². The molecule has 1 fully saturated rings. The Morgan fingerprint density at radius 3 is 2.10 bits per heavy atom. The summed E-state index contributed by atoms with van der Waals surface area (Å²) in [7, 11) is 0. The summed E-state index contributed by atoms with van der Waals surface area (Å²) in [5.41, 5.74) is 3.53. The largest absolute Gasteiger partial charge is 0.293 e. The van der Waals surface area contributed by atoms with Gasteiger partial charge in [0.05, 0.1) is 22.5 Å². The van der Waals surface area contributed by atoms with Gasteiger partial charge in [0.25, 0.3) is 11.1 Å². The van der Waals surface area contributed by atoms with Crippen LogP contribution in [0.4, 0.5) is 4.79 Å². The maximum absolute atomic E-state index is 13.1. The number of hydrogen-bond donors (Lipinski definition) is 0. The normalized spacial score (nSPS) is 15.6. The van der Waals surface area contributed by atoms with E-state index in [1.807, 2.05) is 78.9 Å². The van der Waals surface area contributed by atoms with Gasteiger partial charge in [-0.05, 0) is 53.2 Å². The number of thioether (sulfide) groups is 1. The number of fused-ring (bicyclic) bond motifs is 2. The predicted octanol–water partition coefficient (Wildman–Crippen LogP) is 6.39. The first-order valence-corrected chi connectivity index (χ1v) is 11.0. The summed E-state index contributed by atoms with van der Waals surface area (Å²) in [4.78, 5) is 32.1. The molecule has 1 saturated heterocycles. The number of nitrogens with zero attached hydrogens (tertiary/aromatic N) is 2. The Morgan fingerprint density at radius 2 is 1.47 bits per heavy atom. The van der Waals surface area contributed by atoms with Crippen molar-refractivity contribution in [1.82, 2.24) is 9.88 Å². The predicted molar refractivity (Wildman–Crippen MR) is 125 cm³/mol. The Hall–Kier alpha value is -2.96. The number of amides is 2. The van der Waals surface area contributed by atoms with Crippen LogP contribution in [-0.2, 0) is 11.3 Å². The van der Waals surface area contributed by atoms with E-state index in [1.54, 1.807) is 0 Å². The molecule has 4 nitrogen and oxygen atoms in total. The summed E-state index contributed by atoms with van der Waals surface area (Å²) in [5, 5.41) is 1.66. The van der Waals surface area contributed by atoms with E-state index in [4.69, 9.17) is 4.98 Å². The number of hydrogen-bond acceptors (Lipinski definition) is 4. The first kappa shape index (κ1) is 19.0. The van der Waals surface area contributed by atoms with Crippen LogP contribution >= 0.6 is 27.7 Å². The summed E-state index contributed by atoms with van der Waals surface area (Å²) < 4.78 is 0.955. The molecule has 0 aliphatic carbocycles. The van der Waals surface area contributed by atoms with E-state index >= 15 is 0 Å². The zero-order valence-electron chi connectivity index (χ0n) is 15.7. The molecule has 4 aromatic rings. The highest BCUT2D eigenvalue weighted by molar-refractivity contribution is 9.10. The van der Waals surface area contributed by atoms with Crippen molar-refractivity contribution in [3.63, 3.8) is 0 Å². The standard InChI is InChI=1S/C24H15BrN2O2S/c25-16-11-9-15(10-12-16)14-27-23(28)22(30-24(27)29)13-19-17-5-1-3-7-20(17)26-21-8-4-2-6-18(19)21/h1-13H,14H2/b22-13-. The molecule has 2 heterocycles.